The zero-order valence-electron chi connectivity index (χ0n) is 20.6. The number of hydrogen-bond donors (Lipinski definition) is 3. The molecule has 1 aliphatic heterocycles. The van der Waals surface area contributed by atoms with Crippen LogP contribution in [0.3, 0.4) is 0 Å². The van der Waals surface area contributed by atoms with Crippen molar-refractivity contribution in [1.82, 2.24) is 9.71 Å². The Morgan fingerprint density at radius 2 is 1.89 bits per heavy atom. The van der Waals surface area contributed by atoms with Crippen molar-refractivity contribution < 1.29 is 36.2 Å². The maximum atomic E-state index is 13.2. The Morgan fingerprint density at radius 1 is 1.19 bits per heavy atom. The van der Waals surface area contributed by atoms with E-state index in [0.717, 1.165) is 12.1 Å². The number of rotatable bonds is 10. The van der Waals surface area contributed by atoms with Crippen LogP contribution in [0.2, 0.25) is 25.2 Å². The van der Waals surface area contributed by atoms with E-state index < -0.39 is 43.2 Å². The third kappa shape index (κ3) is 8.41. The average molecular weight is 561 g/mol. The van der Waals surface area contributed by atoms with Crippen LogP contribution in [-0.2, 0) is 10.0 Å². The number of alkyl halides is 3. The van der Waals surface area contributed by atoms with Crippen LogP contribution >= 0.6 is 0 Å². The summed E-state index contributed by atoms with van der Waals surface area (Å²) in [5, 5.41) is 11.6. The van der Waals surface area contributed by atoms with Gasteiger partial charge in [-0.15, -0.1) is 0 Å². The molecule has 2 aromatic rings. The van der Waals surface area contributed by atoms with Gasteiger partial charge in [-0.3, -0.25) is 4.79 Å². The fourth-order valence-electron chi connectivity index (χ4n) is 3.77. The fourth-order valence-corrected chi connectivity index (χ4v) is 6.81. The lowest BCUT2D eigenvalue weighted by molar-refractivity contribution is -0.139. The number of carbonyl (C=O) groups excluding carboxylic acids is 1. The van der Waals surface area contributed by atoms with Crippen molar-refractivity contribution in [1.29, 1.82) is 0 Å². The molecule has 1 fully saturated rings. The van der Waals surface area contributed by atoms with Gasteiger partial charge in [0.05, 0.1) is 43.9 Å². The molecule has 0 atom stereocenters. The summed E-state index contributed by atoms with van der Waals surface area (Å²) in [4.78, 5) is 19.2. The Hall–Kier alpha value is -2.68. The number of aliphatic hydroxyl groups is 1. The van der Waals surface area contributed by atoms with Gasteiger partial charge in [0.15, 0.2) is 0 Å². The number of nitrogens with one attached hydrogen (secondary N) is 2. The lowest BCUT2D eigenvalue weighted by Crippen LogP contribution is -2.43. The summed E-state index contributed by atoms with van der Waals surface area (Å²) >= 11 is 0. The predicted octanol–water partition coefficient (Wildman–Crippen LogP) is 3.46. The summed E-state index contributed by atoms with van der Waals surface area (Å²) in [5.74, 6) is -0.542. The molecule has 0 unspecified atom stereocenters. The number of aliphatic hydroxyl groups excluding tert-OH is 1. The third-order valence-corrected chi connectivity index (χ3v) is 10.6. The Labute approximate surface area is 215 Å². The fraction of sp³-hybridized carbons (Fsp3) is 0.478. The number of ether oxygens (including phenoxy) is 1. The van der Waals surface area contributed by atoms with Crippen molar-refractivity contribution in [2.75, 3.05) is 43.1 Å². The van der Waals surface area contributed by atoms with E-state index in [-0.39, 0.29) is 35.3 Å². The number of amides is 1. The van der Waals surface area contributed by atoms with E-state index in [9.17, 15) is 26.4 Å². The van der Waals surface area contributed by atoms with Crippen LogP contribution in [0.15, 0.2) is 41.3 Å². The lowest BCUT2D eigenvalue weighted by Gasteiger charge is -2.38. The van der Waals surface area contributed by atoms with Crippen LogP contribution in [0.4, 0.5) is 24.7 Å². The molecule has 3 N–H and O–H groups in total. The predicted molar refractivity (Wildman–Crippen MR) is 136 cm³/mol. The van der Waals surface area contributed by atoms with Crippen LogP contribution in [0, 0.1) is 0 Å². The van der Waals surface area contributed by atoms with E-state index in [2.05, 4.69) is 28.1 Å². The van der Waals surface area contributed by atoms with Crippen molar-refractivity contribution in [3.05, 3.63) is 42.0 Å². The highest BCUT2D eigenvalue weighted by Crippen LogP contribution is 2.31. The first-order valence-electron chi connectivity index (χ1n) is 11.8. The molecular formula is C23H31F3N4O5SSi. The summed E-state index contributed by atoms with van der Waals surface area (Å²) in [6, 6.07) is 10.5. The molecule has 1 aromatic heterocycles. The van der Waals surface area contributed by atoms with Gasteiger partial charge in [-0.05, 0) is 36.4 Å². The van der Waals surface area contributed by atoms with Crippen LogP contribution < -0.4 is 19.7 Å². The van der Waals surface area contributed by atoms with Gasteiger partial charge in [-0.1, -0.05) is 19.2 Å². The van der Waals surface area contributed by atoms with Gasteiger partial charge in [-0.2, -0.15) is 18.2 Å². The summed E-state index contributed by atoms with van der Waals surface area (Å²) in [6.07, 6.45) is -5.49. The quantitative estimate of drug-likeness (QED) is 0.381. The molecule has 14 heteroatoms. The van der Waals surface area contributed by atoms with Crippen molar-refractivity contribution in [3.63, 3.8) is 0 Å². The summed E-state index contributed by atoms with van der Waals surface area (Å²) in [5.41, 5.74) is 0.680. The molecular weight excluding hydrogens is 529 g/mol. The first kappa shape index (κ1) is 28.9. The minimum Gasteiger partial charge on any atom is -0.477 e. The van der Waals surface area contributed by atoms with Gasteiger partial charge in [0.1, 0.15) is 5.82 Å². The SMILES string of the molecule is C[Si]1(C)CCN(c2cc(S(=O)(=O)NCCO)ccc2C(=O)Nc2cccc(OCCC(F)(F)F)n2)CC1. The number of nitrogens with zero attached hydrogens (tertiary/aromatic N) is 2. The number of anilines is 2. The van der Waals surface area contributed by atoms with Crippen LogP contribution in [0.5, 0.6) is 5.88 Å². The number of aromatic nitrogens is 1. The van der Waals surface area contributed by atoms with Gasteiger partial charge < -0.3 is 20.1 Å². The number of carbonyl (C=O) groups is 1. The summed E-state index contributed by atoms with van der Waals surface area (Å²) in [6.45, 7) is 4.82. The van der Waals surface area contributed by atoms with Gasteiger partial charge >= 0.3 is 6.18 Å². The summed E-state index contributed by atoms with van der Waals surface area (Å²) in [7, 11) is -5.26. The Bertz CT molecular complexity index is 1200. The monoisotopic (exact) mass is 560 g/mol. The van der Waals surface area contributed by atoms with Crippen molar-refractivity contribution in [2.24, 2.45) is 0 Å². The normalized spacial score (nSPS) is 15.9. The molecule has 9 nitrogen and oxygen atoms in total. The summed E-state index contributed by atoms with van der Waals surface area (Å²) < 4.78 is 69.8. The van der Waals surface area contributed by atoms with Crippen molar-refractivity contribution >= 4 is 35.5 Å². The Morgan fingerprint density at radius 3 is 2.54 bits per heavy atom. The maximum Gasteiger partial charge on any atom is 0.392 e. The molecule has 0 spiro atoms. The second-order valence-corrected chi connectivity index (χ2v) is 16.6. The molecule has 1 aromatic carbocycles. The Balaban J connectivity index is 1.85. The lowest BCUT2D eigenvalue weighted by atomic mass is 10.1. The molecule has 0 saturated carbocycles. The molecule has 2 heterocycles. The molecule has 1 amide bonds. The van der Waals surface area contributed by atoms with E-state index in [1.54, 1.807) is 0 Å². The number of sulfonamides is 1. The van der Waals surface area contributed by atoms with E-state index in [0.29, 0.717) is 18.8 Å². The molecule has 0 bridgehead atoms. The highest BCUT2D eigenvalue weighted by molar-refractivity contribution is 7.89. The number of hydrogen-bond acceptors (Lipinski definition) is 7. The van der Waals surface area contributed by atoms with E-state index in [4.69, 9.17) is 9.84 Å². The molecule has 1 saturated heterocycles. The van der Waals surface area contributed by atoms with Crippen LogP contribution in [-0.4, -0.2) is 71.5 Å². The van der Waals surface area contributed by atoms with Crippen LogP contribution in [0.25, 0.3) is 0 Å². The minimum absolute atomic E-state index is 0.0345. The first-order chi connectivity index (χ1) is 17.3. The van der Waals surface area contributed by atoms with E-state index in [1.165, 1.54) is 36.4 Å². The van der Waals surface area contributed by atoms with E-state index >= 15 is 0 Å². The standard InChI is InChI=1S/C23H31F3N4O5SSi/c1-37(2)14-10-30(11-15-37)19-16-17(36(33,34)27-9-12-31)6-7-18(19)22(32)29-20-4-3-5-21(28-20)35-13-8-23(24,25)26/h3-7,16,27,31H,8-15H2,1-2H3,(H,28,29,32). The number of benzene rings is 1. The molecule has 1 aliphatic rings. The zero-order valence-corrected chi connectivity index (χ0v) is 22.5. The molecule has 204 valence electrons. The zero-order chi connectivity index (χ0) is 27.3. The second-order valence-electron chi connectivity index (χ2n) is 9.48. The van der Waals surface area contributed by atoms with Gasteiger partial charge in [0, 0.05) is 25.7 Å². The largest absolute Gasteiger partial charge is 0.477 e. The van der Waals surface area contributed by atoms with Gasteiger partial charge in [0.25, 0.3) is 5.91 Å². The van der Waals surface area contributed by atoms with Crippen LogP contribution in [0.1, 0.15) is 16.8 Å². The van der Waals surface area contributed by atoms with Gasteiger partial charge in [-0.25, -0.2) is 13.1 Å². The first-order valence-corrected chi connectivity index (χ1v) is 16.7. The van der Waals surface area contributed by atoms with E-state index in [1.807, 2.05) is 4.90 Å². The highest BCUT2D eigenvalue weighted by Gasteiger charge is 2.30. The topological polar surface area (TPSA) is 121 Å². The van der Waals surface area contributed by atoms with Gasteiger partial charge in [0.2, 0.25) is 15.9 Å². The van der Waals surface area contributed by atoms with Crippen molar-refractivity contribution in [2.45, 2.75) is 42.7 Å². The van der Waals surface area contributed by atoms with Crippen molar-refractivity contribution in [3.8, 4) is 5.88 Å². The highest BCUT2D eigenvalue weighted by atomic mass is 32.2. The number of pyridine rings is 1. The molecule has 0 radical (unpaired) electrons. The second kappa shape index (κ2) is 11.8. The smallest absolute Gasteiger partial charge is 0.392 e. The minimum atomic E-state index is -4.36. The third-order valence-electron chi connectivity index (χ3n) is 5.99. The molecule has 3 rings (SSSR count). The average Bonchev–Trinajstić information content (AvgIpc) is 2.82. The molecule has 37 heavy (non-hydrogen) atoms. The molecule has 0 aliphatic carbocycles. The Kier molecular flexibility index (Phi) is 9.21. The maximum absolute atomic E-state index is 13.2. The number of halogens is 3.